The fraction of sp³-hybridized carbons (Fsp3) is 0. The summed E-state index contributed by atoms with van der Waals surface area (Å²) in [5, 5.41) is 15.2. The Kier molecular flexibility index (Phi) is 5.77. The number of hydrogen-bond acceptors (Lipinski definition) is 1. The van der Waals surface area contributed by atoms with Gasteiger partial charge in [0.1, 0.15) is 0 Å². The van der Waals surface area contributed by atoms with E-state index in [1.165, 1.54) is 10.8 Å². The minimum absolute atomic E-state index is 0.288. The van der Waals surface area contributed by atoms with Crippen LogP contribution in [0.15, 0.2) is 152 Å². The molecule has 5 heteroatoms. The molecule has 0 spiro atoms. The highest BCUT2D eigenvalue weighted by Crippen LogP contribution is 2.39. The van der Waals surface area contributed by atoms with Crippen LogP contribution in [0.5, 0.6) is 0 Å². The summed E-state index contributed by atoms with van der Waals surface area (Å²) >= 11 is 0. The summed E-state index contributed by atoms with van der Waals surface area (Å²) in [7, 11) is 0. The second-order valence-electron chi connectivity index (χ2n) is 12.7. The lowest BCUT2D eigenvalue weighted by Gasteiger charge is -2.29. The molecule has 9 aromatic rings. The lowest BCUT2D eigenvalue weighted by atomic mass is 9.47. The number of nitriles is 1. The highest BCUT2D eigenvalue weighted by Gasteiger charge is 2.38. The zero-order chi connectivity index (χ0) is 32.6. The van der Waals surface area contributed by atoms with Crippen molar-refractivity contribution < 1.29 is 0 Å². The highest BCUT2D eigenvalue weighted by atomic mass is 15.0. The van der Waals surface area contributed by atoms with E-state index in [1.54, 1.807) is 0 Å². The molecule has 0 atom stereocenters. The lowest BCUT2D eigenvalue weighted by molar-refractivity contribution is 1.18. The quantitative estimate of drug-likeness (QED) is 0.143. The van der Waals surface area contributed by atoms with Crippen LogP contribution in [0.1, 0.15) is 5.56 Å². The van der Waals surface area contributed by atoms with E-state index >= 15 is 0 Å². The van der Waals surface area contributed by atoms with Crippen molar-refractivity contribution in [2.24, 2.45) is 0 Å². The SMILES string of the molecule is [C-]#[N+]c1ccc2c3ccc(C#N)c4c3n(c2c1)-c1ccccc1B4n1c2cc(-c3ccccc3)ccc2c2ccc(-c3ccccc3)cc21. The summed E-state index contributed by atoms with van der Waals surface area (Å²) in [6, 6.07) is 55.7. The second-order valence-corrected chi connectivity index (χ2v) is 12.7. The fourth-order valence-electron chi connectivity index (χ4n) is 8.11. The summed E-state index contributed by atoms with van der Waals surface area (Å²) in [6.45, 7) is 7.47. The van der Waals surface area contributed by atoms with Crippen LogP contribution >= 0.6 is 0 Å². The average molecular weight is 621 g/mol. The van der Waals surface area contributed by atoms with Gasteiger partial charge in [-0.3, -0.25) is 0 Å². The van der Waals surface area contributed by atoms with Crippen LogP contribution in [0.25, 0.3) is 76.4 Å². The first-order valence-corrected chi connectivity index (χ1v) is 16.4. The molecule has 10 rings (SSSR count). The third-order valence-corrected chi connectivity index (χ3v) is 10.2. The van der Waals surface area contributed by atoms with Crippen LogP contribution in [-0.4, -0.2) is 15.9 Å². The number of rotatable bonds is 3. The summed E-state index contributed by atoms with van der Waals surface area (Å²) in [4.78, 5) is 3.77. The molecular formula is C44H25BN4. The van der Waals surface area contributed by atoms with E-state index < -0.39 is 0 Å². The normalized spacial score (nSPS) is 12.0. The van der Waals surface area contributed by atoms with Gasteiger partial charge >= 0.3 is 6.85 Å². The van der Waals surface area contributed by atoms with Crippen molar-refractivity contribution in [3.05, 3.63) is 169 Å². The first-order valence-electron chi connectivity index (χ1n) is 16.4. The van der Waals surface area contributed by atoms with E-state index in [0.29, 0.717) is 11.3 Å². The minimum Gasteiger partial charge on any atom is -0.376 e. The maximum absolute atomic E-state index is 10.7. The van der Waals surface area contributed by atoms with Gasteiger partial charge in [0, 0.05) is 43.8 Å². The Morgan fingerprint density at radius 3 is 1.76 bits per heavy atom. The molecule has 1 aliphatic rings. The molecule has 1 aliphatic heterocycles. The van der Waals surface area contributed by atoms with Crippen molar-refractivity contribution in [1.29, 1.82) is 5.26 Å². The first-order chi connectivity index (χ1) is 24.2. The Morgan fingerprint density at radius 1 is 0.551 bits per heavy atom. The van der Waals surface area contributed by atoms with Crippen molar-refractivity contribution in [2.75, 3.05) is 0 Å². The third kappa shape index (κ3) is 3.85. The van der Waals surface area contributed by atoms with Crippen LogP contribution in [0.4, 0.5) is 5.69 Å². The first kappa shape index (κ1) is 27.3. The van der Waals surface area contributed by atoms with E-state index in [4.69, 9.17) is 6.57 Å². The van der Waals surface area contributed by atoms with Gasteiger partial charge in [0.05, 0.1) is 23.7 Å². The van der Waals surface area contributed by atoms with Crippen LogP contribution in [-0.2, 0) is 0 Å². The number of nitrogens with zero attached hydrogens (tertiary/aromatic N) is 4. The predicted octanol–water partition coefficient (Wildman–Crippen LogP) is 9.62. The van der Waals surface area contributed by atoms with Gasteiger partial charge in [-0.05, 0) is 63.5 Å². The molecule has 0 amide bonds. The fourth-order valence-corrected chi connectivity index (χ4v) is 8.11. The summed E-state index contributed by atoms with van der Waals surface area (Å²) in [5.74, 6) is 0. The van der Waals surface area contributed by atoms with E-state index in [9.17, 15) is 5.26 Å². The molecule has 4 nitrogen and oxygen atoms in total. The molecule has 0 radical (unpaired) electrons. The third-order valence-electron chi connectivity index (χ3n) is 10.2. The lowest BCUT2D eigenvalue weighted by Crippen LogP contribution is -2.54. The smallest absolute Gasteiger partial charge is 0.333 e. The number of benzene rings is 7. The zero-order valence-corrected chi connectivity index (χ0v) is 26.3. The molecule has 224 valence electrons. The van der Waals surface area contributed by atoms with E-state index in [2.05, 4.69) is 141 Å². The van der Waals surface area contributed by atoms with Crippen molar-refractivity contribution in [3.63, 3.8) is 0 Å². The van der Waals surface area contributed by atoms with Gasteiger partial charge in [-0.15, -0.1) is 0 Å². The van der Waals surface area contributed by atoms with Crippen molar-refractivity contribution in [2.45, 2.75) is 0 Å². The van der Waals surface area contributed by atoms with Crippen molar-refractivity contribution in [1.82, 2.24) is 9.05 Å². The van der Waals surface area contributed by atoms with Gasteiger partial charge in [0.15, 0.2) is 5.69 Å². The molecule has 7 aromatic carbocycles. The van der Waals surface area contributed by atoms with Gasteiger partial charge in [-0.1, -0.05) is 121 Å². The number of aromatic nitrogens is 2. The van der Waals surface area contributed by atoms with Crippen LogP contribution in [0, 0.1) is 17.9 Å². The Morgan fingerprint density at radius 2 is 1.12 bits per heavy atom. The second kappa shape index (κ2) is 10.3. The molecule has 0 fully saturated rings. The number of fused-ring (bicyclic) bond motifs is 8. The zero-order valence-electron chi connectivity index (χ0n) is 26.3. The molecular weight excluding hydrogens is 595 g/mol. The Hall–Kier alpha value is -6.82. The molecule has 0 saturated heterocycles. The molecule has 49 heavy (non-hydrogen) atoms. The van der Waals surface area contributed by atoms with Crippen molar-refractivity contribution >= 4 is 67.1 Å². The van der Waals surface area contributed by atoms with E-state index in [-0.39, 0.29) is 6.85 Å². The number of hydrogen-bond donors (Lipinski definition) is 0. The largest absolute Gasteiger partial charge is 0.376 e. The van der Waals surface area contributed by atoms with Gasteiger partial charge in [-0.2, -0.15) is 5.26 Å². The summed E-state index contributed by atoms with van der Waals surface area (Å²) in [6.07, 6.45) is 0. The van der Waals surface area contributed by atoms with Gasteiger partial charge < -0.3 is 9.05 Å². The molecule has 3 heterocycles. The van der Waals surface area contributed by atoms with E-state index in [0.717, 1.165) is 71.7 Å². The minimum atomic E-state index is -0.288. The molecule has 0 aliphatic carbocycles. The van der Waals surface area contributed by atoms with Crippen molar-refractivity contribution in [3.8, 4) is 34.0 Å². The summed E-state index contributed by atoms with van der Waals surface area (Å²) < 4.78 is 4.75. The number of para-hydroxylation sites is 1. The average Bonchev–Trinajstić information content (AvgIpc) is 3.68. The molecule has 0 N–H and O–H groups in total. The van der Waals surface area contributed by atoms with Crippen LogP contribution in [0.2, 0.25) is 0 Å². The molecule has 0 bridgehead atoms. The molecule has 0 saturated carbocycles. The van der Waals surface area contributed by atoms with Gasteiger partial charge in [-0.25, -0.2) is 4.85 Å². The monoisotopic (exact) mass is 620 g/mol. The topological polar surface area (TPSA) is 38.0 Å². The highest BCUT2D eigenvalue weighted by molar-refractivity contribution is 6.88. The maximum atomic E-state index is 10.7. The van der Waals surface area contributed by atoms with E-state index in [1.807, 2.05) is 30.3 Å². The van der Waals surface area contributed by atoms with Crippen LogP contribution < -0.4 is 10.9 Å². The van der Waals surface area contributed by atoms with Gasteiger partial charge in [0.2, 0.25) is 0 Å². The Bertz CT molecular complexity index is 2810. The van der Waals surface area contributed by atoms with Gasteiger partial charge in [0.25, 0.3) is 0 Å². The predicted molar refractivity (Wildman–Crippen MR) is 202 cm³/mol. The Balaban J connectivity index is 1.39. The molecule has 0 unspecified atom stereocenters. The standard InChI is InChI=1S/C44H25BN4/c1-47-33-19-23-36-37-22-18-32(27-46)43-44(37)48(40(36)26-33)39-15-9-8-14-38(39)45(43)49-41-24-30(28-10-4-2-5-11-28)16-20-34(41)35-21-17-31(25-42(35)49)29-12-6-3-7-13-29/h2-26H. The Labute approximate surface area is 283 Å². The maximum Gasteiger partial charge on any atom is 0.333 e. The summed E-state index contributed by atoms with van der Waals surface area (Å²) in [5.41, 5.74) is 13.2. The molecule has 2 aromatic heterocycles. The van der Waals surface area contributed by atoms with Crippen LogP contribution in [0.3, 0.4) is 0 Å².